The average molecular weight is 254 g/mol. The minimum Gasteiger partial charge on any atom is -0.345 e. The number of aromatic nitrogens is 1. The lowest BCUT2D eigenvalue weighted by Crippen LogP contribution is -2.30. The second-order valence-corrected chi connectivity index (χ2v) is 4.16. The van der Waals surface area contributed by atoms with E-state index in [2.05, 4.69) is 10.3 Å². The molecule has 0 spiro atoms. The second-order valence-electron chi connectivity index (χ2n) is 4.16. The SMILES string of the molecule is Cc1ccccc1C(=O)NCC(=O)c1cccnc1. The zero-order valence-electron chi connectivity index (χ0n) is 10.6. The van der Waals surface area contributed by atoms with Crippen LogP contribution in [-0.4, -0.2) is 23.2 Å². The van der Waals surface area contributed by atoms with Gasteiger partial charge in [0, 0.05) is 23.5 Å². The van der Waals surface area contributed by atoms with E-state index in [9.17, 15) is 9.59 Å². The van der Waals surface area contributed by atoms with Crippen LogP contribution in [-0.2, 0) is 0 Å². The first-order chi connectivity index (χ1) is 9.18. The molecule has 1 heterocycles. The molecule has 0 aliphatic carbocycles. The molecule has 2 rings (SSSR count). The molecule has 0 saturated heterocycles. The first kappa shape index (κ1) is 13.0. The predicted molar refractivity (Wildman–Crippen MR) is 72.1 cm³/mol. The van der Waals surface area contributed by atoms with Gasteiger partial charge in [0.05, 0.1) is 6.54 Å². The van der Waals surface area contributed by atoms with Gasteiger partial charge < -0.3 is 5.32 Å². The van der Waals surface area contributed by atoms with Crippen LogP contribution in [0.1, 0.15) is 26.3 Å². The van der Waals surface area contributed by atoms with Gasteiger partial charge in [-0.15, -0.1) is 0 Å². The summed E-state index contributed by atoms with van der Waals surface area (Å²) in [6, 6.07) is 10.6. The lowest BCUT2D eigenvalue weighted by Gasteiger charge is -2.06. The summed E-state index contributed by atoms with van der Waals surface area (Å²) in [5, 5.41) is 2.62. The monoisotopic (exact) mass is 254 g/mol. The zero-order valence-corrected chi connectivity index (χ0v) is 10.6. The minimum atomic E-state index is -0.240. The Kier molecular flexibility index (Phi) is 4.03. The van der Waals surface area contributed by atoms with Crippen molar-refractivity contribution in [2.45, 2.75) is 6.92 Å². The maximum atomic E-state index is 11.9. The normalized spacial score (nSPS) is 9.95. The van der Waals surface area contributed by atoms with Gasteiger partial charge in [-0.05, 0) is 30.7 Å². The number of nitrogens with zero attached hydrogens (tertiary/aromatic N) is 1. The molecule has 0 bridgehead atoms. The van der Waals surface area contributed by atoms with Gasteiger partial charge in [-0.25, -0.2) is 0 Å². The van der Waals surface area contributed by atoms with E-state index in [0.717, 1.165) is 5.56 Å². The number of hydrogen-bond acceptors (Lipinski definition) is 3. The Morgan fingerprint density at radius 2 is 1.95 bits per heavy atom. The molecule has 0 saturated carbocycles. The van der Waals surface area contributed by atoms with E-state index < -0.39 is 0 Å². The number of amides is 1. The van der Waals surface area contributed by atoms with Crippen molar-refractivity contribution in [2.75, 3.05) is 6.54 Å². The number of Topliss-reactive ketones (excluding diaryl/α,β-unsaturated/α-hetero) is 1. The Bertz CT molecular complexity index is 594. The quantitative estimate of drug-likeness (QED) is 0.849. The number of nitrogens with one attached hydrogen (secondary N) is 1. The van der Waals surface area contributed by atoms with Crippen molar-refractivity contribution in [3.8, 4) is 0 Å². The molecule has 1 aromatic heterocycles. The summed E-state index contributed by atoms with van der Waals surface area (Å²) < 4.78 is 0. The third kappa shape index (κ3) is 3.25. The highest BCUT2D eigenvalue weighted by molar-refractivity contribution is 6.02. The Morgan fingerprint density at radius 1 is 1.16 bits per heavy atom. The third-order valence-electron chi connectivity index (χ3n) is 2.78. The first-order valence-electron chi connectivity index (χ1n) is 5.95. The number of pyridine rings is 1. The molecule has 2 aromatic rings. The van der Waals surface area contributed by atoms with Gasteiger partial charge in [0.25, 0.3) is 5.91 Å². The fraction of sp³-hybridized carbons (Fsp3) is 0.133. The van der Waals surface area contributed by atoms with E-state index in [4.69, 9.17) is 0 Å². The standard InChI is InChI=1S/C15H14N2O2/c1-11-5-2-3-7-13(11)15(19)17-10-14(18)12-6-4-8-16-9-12/h2-9H,10H2,1H3,(H,17,19). The van der Waals surface area contributed by atoms with Crippen molar-refractivity contribution in [3.05, 3.63) is 65.5 Å². The minimum absolute atomic E-state index is 0.0289. The number of aryl methyl sites for hydroxylation is 1. The maximum Gasteiger partial charge on any atom is 0.251 e. The number of rotatable bonds is 4. The van der Waals surface area contributed by atoms with Crippen LogP contribution < -0.4 is 5.32 Å². The number of hydrogen-bond donors (Lipinski definition) is 1. The van der Waals surface area contributed by atoms with Gasteiger partial charge in [0.2, 0.25) is 0 Å². The summed E-state index contributed by atoms with van der Waals surface area (Å²) >= 11 is 0. The van der Waals surface area contributed by atoms with Gasteiger partial charge >= 0.3 is 0 Å². The van der Waals surface area contributed by atoms with Crippen LogP contribution in [0.2, 0.25) is 0 Å². The Hall–Kier alpha value is -2.49. The lowest BCUT2D eigenvalue weighted by atomic mass is 10.1. The van der Waals surface area contributed by atoms with Crippen molar-refractivity contribution < 1.29 is 9.59 Å². The van der Waals surface area contributed by atoms with Crippen molar-refractivity contribution in [1.82, 2.24) is 10.3 Å². The Balaban J connectivity index is 1.98. The summed E-state index contributed by atoms with van der Waals surface area (Å²) in [5.41, 5.74) is 1.96. The van der Waals surface area contributed by atoms with E-state index in [1.165, 1.54) is 6.20 Å². The van der Waals surface area contributed by atoms with E-state index >= 15 is 0 Å². The van der Waals surface area contributed by atoms with Crippen molar-refractivity contribution >= 4 is 11.7 Å². The maximum absolute atomic E-state index is 11.9. The molecule has 4 heteroatoms. The number of carbonyl (C=O) groups is 2. The summed E-state index contributed by atoms with van der Waals surface area (Å²) in [7, 11) is 0. The van der Waals surface area contributed by atoms with E-state index in [1.54, 1.807) is 30.5 Å². The fourth-order valence-corrected chi connectivity index (χ4v) is 1.71. The summed E-state index contributed by atoms with van der Waals surface area (Å²) in [4.78, 5) is 27.6. The highest BCUT2D eigenvalue weighted by Crippen LogP contribution is 2.06. The van der Waals surface area contributed by atoms with Gasteiger partial charge in [-0.3, -0.25) is 14.6 Å². The molecule has 19 heavy (non-hydrogen) atoms. The summed E-state index contributed by atoms with van der Waals surface area (Å²) in [6.07, 6.45) is 3.09. The van der Waals surface area contributed by atoms with Crippen LogP contribution in [0.4, 0.5) is 0 Å². The van der Waals surface area contributed by atoms with Crippen molar-refractivity contribution in [3.63, 3.8) is 0 Å². The van der Waals surface area contributed by atoms with E-state index in [1.807, 2.05) is 19.1 Å². The molecule has 96 valence electrons. The van der Waals surface area contributed by atoms with E-state index in [-0.39, 0.29) is 18.2 Å². The molecule has 0 radical (unpaired) electrons. The topological polar surface area (TPSA) is 59.1 Å². The Labute approximate surface area is 111 Å². The highest BCUT2D eigenvalue weighted by atomic mass is 16.2. The van der Waals surface area contributed by atoms with Crippen molar-refractivity contribution in [2.24, 2.45) is 0 Å². The molecule has 4 nitrogen and oxygen atoms in total. The van der Waals surface area contributed by atoms with Crippen LogP contribution in [0.3, 0.4) is 0 Å². The van der Waals surface area contributed by atoms with Gasteiger partial charge in [-0.1, -0.05) is 18.2 Å². The largest absolute Gasteiger partial charge is 0.345 e. The number of ketones is 1. The molecule has 0 unspecified atom stereocenters. The van der Waals surface area contributed by atoms with Crippen LogP contribution in [0.5, 0.6) is 0 Å². The molecule has 1 amide bonds. The van der Waals surface area contributed by atoms with Gasteiger partial charge in [-0.2, -0.15) is 0 Å². The predicted octanol–water partition coefficient (Wildman–Crippen LogP) is 2.00. The molecule has 0 aliphatic rings. The third-order valence-corrected chi connectivity index (χ3v) is 2.78. The molecular formula is C15H14N2O2. The molecular weight excluding hydrogens is 240 g/mol. The second kappa shape index (κ2) is 5.91. The molecule has 0 aliphatic heterocycles. The molecule has 0 atom stereocenters. The van der Waals surface area contributed by atoms with Crippen LogP contribution in [0.15, 0.2) is 48.8 Å². The van der Waals surface area contributed by atoms with Gasteiger partial charge in [0.15, 0.2) is 5.78 Å². The Morgan fingerprint density at radius 3 is 2.63 bits per heavy atom. The summed E-state index contributed by atoms with van der Waals surface area (Å²) in [5.74, 6) is -0.398. The van der Waals surface area contributed by atoms with Crippen LogP contribution in [0.25, 0.3) is 0 Å². The first-order valence-corrected chi connectivity index (χ1v) is 5.95. The number of carbonyl (C=O) groups excluding carboxylic acids is 2. The van der Waals surface area contributed by atoms with Crippen LogP contribution >= 0.6 is 0 Å². The van der Waals surface area contributed by atoms with Gasteiger partial charge in [0.1, 0.15) is 0 Å². The highest BCUT2D eigenvalue weighted by Gasteiger charge is 2.11. The van der Waals surface area contributed by atoms with Crippen LogP contribution in [0, 0.1) is 6.92 Å². The zero-order chi connectivity index (χ0) is 13.7. The fourth-order valence-electron chi connectivity index (χ4n) is 1.71. The lowest BCUT2D eigenvalue weighted by molar-refractivity contribution is 0.0903. The smallest absolute Gasteiger partial charge is 0.251 e. The molecule has 1 N–H and O–H groups in total. The number of benzene rings is 1. The van der Waals surface area contributed by atoms with Crippen molar-refractivity contribution in [1.29, 1.82) is 0 Å². The summed E-state index contributed by atoms with van der Waals surface area (Å²) in [6.45, 7) is 1.83. The average Bonchev–Trinajstić information content (AvgIpc) is 2.46. The molecule has 1 aromatic carbocycles. The molecule has 0 fully saturated rings. The van der Waals surface area contributed by atoms with E-state index in [0.29, 0.717) is 11.1 Å².